The largest absolute Gasteiger partial charge is 0.381 e. The lowest BCUT2D eigenvalue weighted by atomic mass is 10.0. The fourth-order valence-electron chi connectivity index (χ4n) is 4.36. The van der Waals surface area contributed by atoms with E-state index in [-0.39, 0.29) is 17.9 Å². The summed E-state index contributed by atoms with van der Waals surface area (Å²) in [6.07, 6.45) is 7.78. The highest BCUT2D eigenvalue weighted by molar-refractivity contribution is 5.78. The molecule has 28 heavy (non-hydrogen) atoms. The van der Waals surface area contributed by atoms with Crippen LogP contribution >= 0.6 is 0 Å². The molecule has 0 saturated carbocycles. The van der Waals surface area contributed by atoms with Gasteiger partial charge in [0.25, 0.3) is 0 Å². The summed E-state index contributed by atoms with van der Waals surface area (Å²) in [7, 11) is 0. The number of imidazole rings is 1. The molecule has 2 aromatic heterocycles. The van der Waals surface area contributed by atoms with E-state index < -0.39 is 0 Å². The zero-order valence-electron chi connectivity index (χ0n) is 16.6. The van der Waals surface area contributed by atoms with Crippen LogP contribution in [0.1, 0.15) is 36.9 Å². The molecule has 0 unspecified atom stereocenters. The Morgan fingerprint density at radius 3 is 2.93 bits per heavy atom. The number of aromatic nitrogens is 2. The Morgan fingerprint density at radius 2 is 2.11 bits per heavy atom. The van der Waals surface area contributed by atoms with Crippen molar-refractivity contribution in [3.8, 4) is 0 Å². The van der Waals surface area contributed by atoms with E-state index in [9.17, 15) is 4.79 Å². The molecule has 1 amide bonds. The molecule has 4 heterocycles. The summed E-state index contributed by atoms with van der Waals surface area (Å²) >= 11 is 0. The minimum atomic E-state index is -0.0179. The fraction of sp³-hybridized carbons (Fsp3) is 0.619. The van der Waals surface area contributed by atoms with Gasteiger partial charge in [-0.05, 0) is 50.3 Å². The predicted molar refractivity (Wildman–Crippen MR) is 108 cm³/mol. The summed E-state index contributed by atoms with van der Waals surface area (Å²) < 4.78 is 7.49. The maximum atomic E-state index is 12.9. The number of amides is 1. The van der Waals surface area contributed by atoms with E-state index in [2.05, 4.69) is 28.2 Å². The molecule has 2 atom stereocenters. The number of hydrogen-bond acceptors (Lipinski definition) is 5. The lowest BCUT2D eigenvalue weighted by molar-refractivity contribution is -0.126. The Kier molecular flexibility index (Phi) is 5.94. The highest BCUT2D eigenvalue weighted by Crippen LogP contribution is 2.22. The number of pyridine rings is 1. The van der Waals surface area contributed by atoms with Crippen molar-refractivity contribution in [3.63, 3.8) is 0 Å². The smallest absolute Gasteiger partial charge is 0.224 e. The van der Waals surface area contributed by atoms with Gasteiger partial charge in [0.05, 0.1) is 18.2 Å². The van der Waals surface area contributed by atoms with Crippen molar-refractivity contribution in [2.75, 3.05) is 26.3 Å². The van der Waals surface area contributed by atoms with Crippen molar-refractivity contribution in [2.45, 2.75) is 51.2 Å². The molecule has 2 fully saturated rings. The van der Waals surface area contributed by atoms with Gasteiger partial charge in [-0.25, -0.2) is 4.98 Å². The Morgan fingerprint density at radius 1 is 1.29 bits per heavy atom. The summed E-state index contributed by atoms with van der Waals surface area (Å²) in [6.45, 7) is 5.78. The molecule has 0 aliphatic carbocycles. The van der Waals surface area contributed by atoms with Crippen molar-refractivity contribution in [1.29, 1.82) is 0 Å². The summed E-state index contributed by atoms with van der Waals surface area (Å²) in [5.41, 5.74) is 9.27. The number of fused-ring (bicyclic) bond motifs is 1. The lowest BCUT2D eigenvalue weighted by Gasteiger charge is -2.35. The molecule has 2 saturated heterocycles. The van der Waals surface area contributed by atoms with Gasteiger partial charge in [0.2, 0.25) is 5.91 Å². The van der Waals surface area contributed by atoms with E-state index in [4.69, 9.17) is 10.5 Å². The first-order valence-corrected chi connectivity index (χ1v) is 10.4. The number of likely N-dealkylation sites (tertiary alicyclic amines) is 1. The second kappa shape index (κ2) is 8.59. The Balaban J connectivity index is 1.38. The van der Waals surface area contributed by atoms with Crippen LogP contribution in [0, 0.1) is 12.8 Å². The van der Waals surface area contributed by atoms with Crippen LogP contribution in [-0.4, -0.2) is 58.6 Å². The number of aryl methyl sites for hydroxylation is 1. The molecule has 0 spiro atoms. The number of hydrogen-bond donors (Lipinski definition) is 2. The third-order valence-electron chi connectivity index (χ3n) is 6.00. The SMILES string of the molecule is Cc1ccn2cc(CNC(=O)[C@@H]3CC[C@H](N)CN(C4CCOCC4)C3)nc2c1. The van der Waals surface area contributed by atoms with E-state index >= 15 is 0 Å². The second-order valence-corrected chi connectivity index (χ2v) is 8.25. The van der Waals surface area contributed by atoms with Crippen LogP contribution in [0.25, 0.3) is 5.65 Å². The summed E-state index contributed by atoms with van der Waals surface area (Å²) in [6, 6.07) is 4.72. The zero-order valence-corrected chi connectivity index (χ0v) is 16.6. The van der Waals surface area contributed by atoms with Gasteiger partial charge >= 0.3 is 0 Å². The van der Waals surface area contributed by atoms with Crippen molar-refractivity contribution < 1.29 is 9.53 Å². The number of ether oxygens (including phenoxy) is 1. The molecule has 0 radical (unpaired) electrons. The first kappa shape index (κ1) is 19.4. The maximum absolute atomic E-state index is 12.9. The molecule has 152 valence electrons. The van der Waals surface area contributed by atoms with Crippen LogP contribution in [0.5, 0.6) is 0 Å². The van der Waals surface area contributed by atoms with Crippen LogP contribution < -0.4 is 11.1 Å². The Hall–Kier alpha value is -1.96. The highest BCUT2D eigenvalue weighted by Gasteiger charge is 2.31. The third-order valence-corrected chi connectivity index (χ3v) is 6.00. The minimum Gasteiger partial charge on any atom is -0.381 e. The highest BCUT2D eigenvalue weighted by atomic mass is 16.5. The van der Waals surface area contributed by atoms with E-state index in [0.29, 0.717) is 12.6 Å². The number of carbonyl (C=O) groups excluding carboxylic acids is 1. The van der Waals surface area contributed by atoms with Gasteiger partial charge < -0.3 is 20.2 Å². The number of nitrogens with two attached hydrogens (primary N) is 1. The second-order valence-electron chi connectivity index (χ2n) is 8.25. The number of carbonyl (C=O) groups is 1. The number of nitrogens with zero attached hydrogens (tertiary/aromatic N) is 3. The van der Waals surface area contributed by atoms with Crippen molar-refractivity contribution >= 4 is 11.6 Å². The molecule has 7 heteroatoms. The zero-order chi connectivity index (χ0) is 19.5. The van der Waals surface area contributed by atoms with Gasteiger partial charge in [0.15, 0.2) is 0 Å². The summed E-state index contributed by atoms with van der Waals surface area (Å²) in [5.74, 6) is 0.0927. The molecule has 2 aliphatic rings. The number of rotatable bonds is 4. The van der Waals surface area contributed by atoms with Crippen LogP contribution in [0.3, 0.4) is 0 Å². The molecule has 7 nitrogen and oxygen atoms in total. The van der Waals surface area contributed by atoms with Gasteiger partial charge in [-0.2, -0.15) is 0 Å². The summed E-state index contributed by atoms with van der Waals surface area (Å²) in [4.78, 5) is 19.9. The first-order valence-electron chi connectivity index (χ1n) is 10.4. The van der Waals surface area contributed by atoms with E-state index in [1.807, 2.05) is 22.9 Å². The van der Waals surface area contributed by atoms with Crippen LogP contribution in [0.4, 0.5) is 0 Å². The van der Waals surface area contributed by atoms with Gasteiger partial charge in [0, 0.05) is 50.8 Å². The lowest BCUT2D eigenvalue weighted by Crippen LogP contribution is -2.47. The normalized spacial score (nSPS) is 24.9. The minimum absolute atomic E-state index is 0.0179. The summed E-state index contributed by atoms with van der Waals surface area (Å²) in [5, 5.41) is 3.10. The standard InChI is InChI=1S/C21H31N5O2/c1-15-4-7-25-14-18(24-20(25)10-15)11-23-21(27)16-2-3-17(22)13-26(12-16)19-5-8-28-9-6-19/h4,7,10,14,16-17,19H,2-3,5-6,8-9,11-13,22H2,1H3,(H,23,27)/t16-,17+/m1/s1. The molecule has 2 aromatic rings. The van der Waals surface area contributed by atoms with Crippen LogP contribution in [0.2, 0.25) is 0 Å². The average molecular weight is 386 g/mol. The van der Waals surface area contributed by atoms with Crippen molar-refractivity contribution in [1.82, 2.24) is 19.6 Å². The molecule has 4 rings (SSSR count). The molecule has 0 aromatic carbocycles. The molecular formula is C21H31N5O2. The average Bonchev–Trinajstić information content (AvgIpc) is 2.99. The van der Waals surface area contributed by atoms with E-state index in [1.165, 1.54) is 5.56 Å². The van der Waals surface area contributed by atoms with Gasteiger partial charge in [-0.1, -0.05) is 0 Å². The quantitative estimate of drug-likeness (QED) is 0.833. The van der Waals surface area contributed by atoms with E-state index in [0.717, 1.165) is 63.3 Å². The van der Waals surface area contributed by atoms with Crippen LogP contribution in [-0.2, 0) is 16.1 Å². The predicted octanol–water partition coefficient (Wildman–Crippen LogP) is 1.48. The third kappa shape index (κ3) is 4.54. The van der Waals surface area contributed by atoms with E-state index in [1.54, 1.807) is 0 Å². The maximum Gasteiger partial charge on any atom is 0.224 e. The molecular weight excluding hydrogens is 354 g/mol. The Bertz CT molecular complexity index is 814. The fourth-order valence-corrected chi connectivity index (χ4v) is 4.36. The van der Waals surface area contributed by atoms with Crippen molar-refractivity contribution in [2.24, 2.45) is 11.7 Å². The topological polar surface area (TPSA) is 84.9 Å². The molecule has 2 aliphatic heterocycles. The van der Waals surface area contributed by atoms with Gasteiger partial charge in [-0.15, -0.1) is 0 Å². The monoisotopic (exact) mass is 385 g/mol. The van der Waals surface area contributed by atoms with Gasteiger partial charge in [0.1, 0.15) is 5.65 Å². The van der Waals surface area contributed by atoms with Crippen LogP contribution in [0.15, 0.2) is 24.5 Å². The van der Waals surface area contributed by atoms with Crippen molar-refractivity contribution in [3.05, 3.63) is 35.8 Å². The first-order chi connectivity index (χ1) is 13.6. The molecule has 3 N–H and O–H groups in total. The molecule has 0 bridgehead atoms. The van der Waals surface area contributed by atoms with Gasteiger partial charge in [-0.3, -0.25) is 9.69 Å². The Labute approximate surface area is 166 Å². The number of nitrogens with one attached hydrogen (secondary N) is 1.